The van der Waals surface area contributed by atoms with Crippen LogP contribution in [-0.4, -0.2) is 31.1 Å². The van der Waals surface area contributed by atoms with Gasteiger partial charge in [-0.05, 0) is 35.9 Å². The minimum atomic E-state index is -0.577. The zero-order valence-electron chi connectivity index (χ0n) is 19.4. The van der Waals surface area contributed by atoms with Gasteiger partial charge in [0.05, 0.1) is 36.9 Å². The Morgan fingerprint density at radius 3 is 2.62 bits per heavy atom. The first-order chi connectivity index (χ1) is 18.1. The van der Waals surface area contributed by atoms with E-state index in [1.54, 1.807) is 24.4 Å². The van der Waals surface area contributed by atoms with Crippen LogP contribution in [0.2, 0.25) is 0 Å². The largest absolute Gasteiger partial charge is 0.370 e. The Hall–Kier alpha value is -4.96. The number of fused-ring (bicyclic) bond motifs is 1. The summed E-state index contributed by atoms with van der Waals surface area (Å²) in [5, 5.41) is 13.0. The third-order valence-corrected chi connectivity index (χ3v) is 5.90. The predicted molar refractivity (Wildman–Crippen MR) is 135 cm³/mol. The highest BCUT2D eigenvalue weighted by molar-refractivity contribution is 6.04. The summed E-state index contributed by atoms with van der Waals surface area (Å²) in [6.07, 6.45) is 5.97. The number of ether oxygens (including phenoxy) is 1. The molecule has 0 aliphatic carbocycles. The Kier molecular flexibility index (Phi) is 5.83. The highest BCUT2D eigenvalue weighted by Crippen LogP contribution is 2.31. The first-order valence-electron chi connectivity index (χ1n) is 11.5. The minimum absolute atomic E-state index is 0.126. The number of halogens is 1. The third kappa shape index (κ3) is 4.78. The first kappa shape index (κ1) is 22.5. The van der Waals surface area contributed by atoms with Crippen LogP contribution in [0.1, 0.15) is 21.6 Å². The molecule has 5 aromatic rings. The summed E-state index contributed by atoms with van der Waals surface area (Å²) in [7, 11) is 0. The van der Waals surface area contributed by atoms with Gasteiger partial charge in [-0.2, -0.15) is 5.10 Å². The Labute approximate surface area is 210 Å². The van der Waals surface area contributed by atoms with Gasteiger partial charge in [0.25, 0.3) is 5.91 Å². The van der Waals surface area contributed by atoms with Crippen molar-refractivity contribution in [2.24, 2.45) is 0 Å². The van der Waals surface area contributed by atoms with Crippen LogP contribution in [0, 0.1) is 5.82 Å². The van der Waals surface area contributed by atoms with E-state index in [4.69, 9.17) is 14.7 Å². The zero-order chi connectivity index (χ0) is 25.2. The number of hydrogen-bond donors (Lipinski definition) is 3. The Balaban J connectivity index is 1.27. The number of nitrogens with zero attached hydrogens (tertiary/aromatic N) is 4. The number of carbonyl (C=O) groups is 1. The van der Waals surface area contributed by atoms with E-state index in [1.165, 1.54) is 6.20 Å². The number of H-pyrrole nitrogens is 1. The summed E-state index contributed by atoms with van der Waals surface area (Å²) >= 11 is 0. The maximum atomic E-state index is 13.5. The van der Waals surface area contributed by atoms with Crippen LogP contribution >= 0.6 is 0 Å². The molecule has 3 aromatic heterocycles. The summed E-state index contributed by atoms with van der Waals surface area (Å²) in [5.74, 6) is 0.110. The molecule has 0 fully saturated rings. The van der Waals surface area contributed by atoms with Crippen LogP contribution in [0.4, 0.5) is 21.6 Å². The lowest BCUT2D eigenvalue weighted by molar-refractivity contribution is 0.102. The SMILES string of the molecule is O=C(Nc1cccc(-c2nc3c(c(Nc4ccc(-c5cn[nH]c5)cc4)n2)COC3)c1)c1cncc(F)c1. The molecule has 0 bridgehead atoms. The number of pyridine rings is 1. The molecule has 0 spiro atoms. The molecule has 0 atom stereocenters. The molecule has 182 valence electrons. The van der Waals surface area contributed by atoms with Crippen molar-refractivity contribution in [3.8, 4) is 22.5 Å². The Morgan fingerprint density at radius 2 is 1.81 bits per heavy atom. The fourth-order valence-electron chi connectivity index (χ4n) is 4.05. The molecular weight excluding hydrogens is 473 g/mol. The van der Waals surface area contributed by atoms with Gasteiger partial charge >= 0.3 is 0 Å². The molecule has 2 aromatic carbocycles. The van der Waals surface area contributed by atoms with Crippen LogP contribution < -0.4 is 10.6 Å². The lowest BCUT2D eigenvalue weighted by atomic mass is 10.1. The maximum absolute atomic E-state index is 13.5. The molecule has 0 radical (unpaired) electrons. The summed E-state index contributed by atoms with van der Waals surface area (Å²) in [4.78, 5) is 25.8. The van der Waals surface area contributed by atoms with Gasteiger partial charge in [-0.1, -0.05) is 24.3 Å². The molecule has 0 saturated heterocycles. The van der Waals surface area contributed by atoms with E-state index in [1.807, 2.05) is 36.5 Å². The second-order valence-electron chi connectivity index (χ2n) is 8.43. The van der Waals surface area contributed by atoms with Crippen LogP contribution in [0.5, 0.6) is 0 Å². The number of aromatic amines is 1. The number of carbonyl (C=O) groups excluding carboxylic acids is 1. The van der Waals surface area contributed by atoms with Crippen molar-refractivity contribution in [2.45, 2.75) is 13.2 Å². The number of nitrogens with one attached hydrogen (secondary N) is 3. The normalized spacial score (nSPS) is 12.2. The van der Waals surface area contributed by atoms with Crippen LogP contribution in [-0.2, 0) is 18.0 Å². The summed E-state index contributed by atoms with van der Waals surface area (Å²) in [6, 6.07) is 16.3. The smallest absolute Gasteiger partial charge is 0.257 e. The second-order valence-corrected chi connectivity index (χ2v) is 8.43. The topological polar surface area (TPSA) is 118 Å². The van der Waals surface area contributed by atoms with Gasteiger partial charge in [0.2, 0.25) is 0 Å². The van der Waals surface area contributed by atoms with Crippen LogP contribution in [0.15, 0.2) is 79.4 Å². The molecule has 9 nitrogen and oxygen atoms in total. The number of hydrogen-bond acceptors (Lipinski definition) is 7. The second kappa shape index (κ2) is 9.59. The number of rotatable bonds is 6. The number of benzene rings is 2. The molecule has 1 aliphatic heterocycles. The molecule has 3 N–H and O–H groups in total. The van der Waals surface area contributed by atoms with E-state index in [-0.39, 0.29) is 5.56 Å². The fraction of sp³-hybridized carbons (Fsp3) is 0.0741. The molecule has 0 unspecified atom stereocenters. The summed E-state index contributed by atoms with van der Waals surface area (Å²) < 4.78 is 19.1. The van der Waals surface area contributed by atoms with Crippen molar-refractivity contribution in [2.75, 3.05) is 10.6 Å². The van der Waals surface area contributed by atoms with Gasteiger partial charge in [-0.15, -0.1) is 0 Å². The van der Waals surface area contributed by atoms with E-state index >= 15 is 0 Å². The average Bonchev–Trinajstić information content (AvgIpc) is 3.62. The standard InChI is InChI=1S/C27H20FN7O2/c28-20-8-18(10-29-13-20)27(36)33-22-3-1-2-17(9-22)25-34-24-15-37-14-23(24)26(35-25)32-21-6-4-16(5-7-21)19-11-30-31-12-19/h1-13H,14-15H2,(H,30,31)(H,33,36)(H,32,34,35). The first-order valence-corrected chi connectivity index (χ1v) is 11.5. The van der Waals surface area contributed by atoms with Gasteiger partial charge in [0.15, 0.2) is 5.82 Å². The van der Waals surface area contributed by atoms with E-state index in [2.05, 4.69) is 25.8 Å². The van der Waals surface area contributed by atoms with Crippen LogP contribution in [0.3, 0.4) is 0 Å². The van der Waals surface area contributed by atoms with Gasteiger partial charge in [0, 0.05) is 40.5 Å². The zero-order valence-corrected chi connectivity index (χ0v) is 19.4. The summed E-state index contributed by atoms with van der Waals surface area (Å²) in [5.41, 5.74) is 6.00. The van der Waals surface area contributed by atoms with Crippen molar-refractivity contribution in [1.82, 2.24) is 25.1 Å². The van der Waals surface area contributed by atoms with E-state index in [0.29, 0.717) is 36.1 Å². The van der Waals surface area contributed by atoms with Crippen molar-refractivity contribution >= 4 is 23.1 Å². The lowest BCUT2D eigenvalue weighted by Crippen LogP contribution is -2.12. The van der Waals surface area contributed by atoms with Crippen molar-refractivity contribution < 1.29 is 13.9 Å². The monoisotopic (exact) mass is 493 g/mol. The molecule has 1 amide bonds. The van der Waals surface area contributed by atoms with Gasteiger partial charge in [-0.25, -0.2) is 14.4 Å². The molecule has 10 heteroatoms. The molecule has 0 saturated carbocycles. The molecule has 37 heavy (non-hydrogen) atoms. The highest BCUT2D eigenvalue weighted by Gasteiger charge is 2.21. The third-order valence-electron chi connectivity index (χ3n) is 5.90. The van der Waals surface area contributed by atoms with Gasteiger partial charge < -0.3 is 15.4 Å². The van der Waals surface area contributed by atoms with Crippen molar-refractivity contribution in [3.05, 3.63) is 102 Å². The molecule has 1 aliphatic rings. The Bertz CT molecular complexity index is 1590. The fourth-order valence-corrected chi connectivity index (χ4v) is 4.05. The average molecular weight is 494 g/mol. The van der Waals surface area contributed by atoms with E-state index < -0.39 is 11.7 Å². The lowest BCUT2D eigenvalue weighted by Gasteiger charge is -2.13. The Morgan fingerprint density at radius 1 is 0.919 bits per heavy atom. The quantitative estimate of drug-likeness (QED) is 0.301. The minimum Gasteiger partial charge on any atom is -0.370 e. The van der Waals surface area contributed by atoms with Gasteiger partial charge in [0.1, 0.15) is 11.6 Å². The van der Waals surface area contributed by atoms with Crippen molar-refractivity contribution in [1.29, 1.82) is 0 Å². The maximum Gasteiger partial charge on any atom is 0.257 e. The number of aromatic nitrogens is 5. The molecular formula is C27H20FN7O2. The van der Waals surface area contributed by atoms with Gasteiger partial charge in [-0.3, -0.25) is 14.9 Å². The number of amides is 1. The molecule has 4 heterocycles. The summed E-state index contributed by atoms with van der Waals surface area (Å²) in [6.45, 7) is 0.810. The predicted octanol–water partition coefficient (Wildman–Crippen LogP) is 5.09. The van der Waals surface area contributed by atoms with E-state index in [0.717, 1.165) is 40.3 Å². The molecule has 6 rings (SSSR count). The van der Waals surface area contributed by atoms with E-state index in [9.17, 15) is 9.18 Å². The highest BCUT2D eigenvalue weighted by atomic mass is 19.1. The van der Waals surface area contributed by atoms with Crippen LogP contribution in [0.25, 0.3) is 22.5 Å². The van der Waals surface area contributed by atoms with Crippen molar-refractivity contribution in [3.63, 3.8) is 0 Å². The number of anilines is 3.